The van der Waals surface area contributed by atoms with Crippen LogP contribution < -0.4 is 0 Å². The predicted octanol–water partition coefficient (Wildman–Crippen LogP) is 2.77. The van der Waals surface area contributed by atoms with E-state index in [2.05, 4.69) is 35.9 Å². The zero-order valence-electron chi connectivity index (χ0n) is 8.58. The van der Waals surface area contributed by atoms with Gasteiger partial charge in [0.05, 0.1) is 5.69 Å². The second-order valence-corrected chi connectivity index (χ2v) is 4.36. The molecule has 0 unspecified atom stereocenters. The Bertz CT molecular complexity index is 279. The first-order valence-corrected chi connectivity index (χ1v) is 5.24. The summed E-state index contributed by atoms with van der Waals surface area (Å²) in [6.45, 7) is 5.47. The average molecular weight is 178 g/mol. The second-order valence-electron chi connectivity index (χ2n) is 4.36. The molecule has 2 heteroatoms. The van der Waals surface area contributed by atoms with Crippen molar-refractivity contribution >= 4 is 0 Å². The minimum Gasteiger partial charge on any atom is -0.272 e. The molecular formula is C11H18N2. The molecular weight excluding hydrogens is 160 g/mol. The Morgan fingerprint density at radius 2 is 2.31 bits per heavy atom. The lowest BCUT2D eigenvalue weighted by molar-refractivity contribution is 0.0948. The summed E-state index contributed by atoms with van der Waals surface area (Å²) in [7, 11) is 0. The smallest absolute Gasteiger partial charge is 0.0593 e. The van der Waals surface area contributed by atoms with Crippen molar-refractivity contribution in [2.45, 2.75) is 46.1 Å². The van der Waals surface area contributed by atoms with Crippen LogP contribution >= 0.6 is 0 Å². The quantitative estimate of drug-likeness (QED) is 0.696. The average Bonchev–Trinajstić information content (AvgIpc) is 2.44. The van der Waals surface area contributed by atoms with Crippen molar-refractivity contribution in [2.24, 2.45) is 5.41 Å². The molecule has 0 radical (unpaired) electrons. The Hall–Kier alpha value is -0.790. The third-order valence-electron chi connectivity index (χ3n) is 3.44. The number of hydrogen-bond acceptors (Lipinski definition) is 1. The van der Waals surface area contributed by atoms with E-state index in [1.54, 1.807) is 0 Å². The number of nitrogens with zero attached hydrogens (tertiary/aromatic N) is 2. The maximum atomic E-state index is 4.44. The number of rotatable bonds is 3. The molecule has 0 spiro atoms. The van der Waals surface area contributed by atoms with Crippen LogP contribution in [0.2, 0.25) is 0 Å². The van der Waals surface area contributed by atoms with Gasteiger partial charge in [0, 0.05) is 12.7 Å². The molecule has 1 aromatic heterocycles. The highest BCUT2D eigenvalue weighted by Gasteiger charge is 2.35. The first kappa shape index (κ1) is 8.79. The van der Waals surface area contributed by atoms with E-state index in [-0.39, 0.29) is 0 Å². The van der Waals surface area contributed by atoms with Gasteiger partial charge >= 0.3 is 0 Å². The van der Waals surface area contributed by atoms with Crippen molar-refractivity contribution in [2.75, 3.05) is 0 Å². The highest BCUT2D eigenvalue weighted by Crippen LogP contribution is 2.44. The normalized spacial score (nSPS) is 19.8. The van der Waals surface area contributed by atoms with Gasteiger partial charge in [0.1, 0.15) is 0 Å². The lowest BCUT2D eigenvalue weighted by atomic mass is 9.67. The molecule has 2 nitrogen and oxygen atoms in total. The van der Waals surface area contributed by atoms with E-state index >= 15 is 0 Å². The maximum Gasteiger partial charge on any atom is 0.0593 e. The number of aromatic nitrogens is 2. The Labute approximate surface area is 80.0 Å². The zero-order valence-corrected chi connectivity index (χ0v) is 8.58. The third kappa shape index (κ3) is 1.62. The Kier molecular flexibility index (Phi) is 2.14. The summed E-state index contributed by atoms with van der Waals surface area (Å²) in [5.41, 5.74) is 1.71. The molecule has 1 fully saturated rings. The highest BCUT2D eigenvalue weighted by atomic mass is 15.3. The minimum absolute atomic E-state index is 0.582. The van der Waals surface area contributed by atoms with Gasteiger partial charge in [0.2, 0.25) is 0 Å². The molecule has 2 rings (SSSR count). The number of aryl methyl sites for hydroxylation is 1. The summed E-state index contributed by atoms with van der Waals surface area (Å²) >= 11 is 0. The topological polar surface area (TPSA) is 17.8 Å². The molecule has 0 aromatic carbocycles. The van der Waals surface area contributed by atoms with Crippen LogP contribution in [0.15, 0.2) is 12.3 Å². The van der Waals surface area contributed by atoms with Crippen LogP contribution in [0.25, 0.3) is 0 Å². The Balaban J connectivity index is 2.04. The molecule has 0 aliphatic heterocycles. The molecule has 0 amide bonds. The molecule has 1 aliphatic carbocycles. The van der Waals surface area contributed by atoms with Crippen molar-refractivity contribution in [1.29, 1.82) is 0 Å². The van der Waals surface area contributed by atoms with Gasteiger partial charge in [-0.25, -0.2) is 0 Å². The van der Waals surface area contributed by atoms with Crippen LogP contribution in [-0.4, -0.2) is 9.78 Å². The number of hydrogen-bond donors (Lipinski definition) is 0. The summed E-state index contributed by atoms with van der Waals surface area (Å²) in [4.78, 5) is 0. The summed E-state index contributed by atoms with van der Waals surface area (Å²) < 4.78 is 2.11. The van der Waals surface area contributed by atoms with Crippen LogP contribution in [-0.2, 0) is 6.54 Å². The first-order valence-electron chi connectivity index (χ1n) is 5.24. The fourth-order valence-corrected chi connectivity index (χ4v) is 2.20. The summed E-state index contributed by atoms with van der Waals surface area (Å²) in [5, 5.41) is 4.44. The van der Waals surface area contributed by atoms with Crippen molar-refractivity contribution in [3.05, 3.63) is 18.0 Å². The van der Waals surface area contributed by atoms with E-state index in [9.17, 15) is 0 Å². The lowest BCUT2D eigenvalue weighted by Gasteiger charge is -2.41. The van der Waals surface area contributed by atoms with Gasteiger partial charge in [-0.2, -0.15) is 5.10 Å². The molecule has 72 valence electrons. The van der Waals surface area contributed by atoms with Gasteiger partial charge in [0.15, 0.2) is 0 Å². The zero-order chi connectivity index (χ0) is 9.31. The summed E-state index contributed by atoms with van der Waals surface area (Å²) in [5.74, 6) is 0. The fraction of sp³-hybridized carbons (Fsp3) is 0.727. The summed E-state index contributed by atoms with van der Waals surface area (Å²) in [6.07, 6.45) is 7.59. The van der Waals surface area contributed by atoms with Gasteiger partial charge < -0.3 is 0 Å². The van der Waals surface area contributed by atoms with Gasteiger partial charge in [-0.15, -0.1) is 0 Å². The van der Waals surface area contributed by atoms with Crippen molar-refractivity contribution in [3.63, 3.8) is 0 Å². The van der Waals surface area contributed by atoms with Gasteiger partial charge in [-0.05, 0) is 37.7 Å². The minimum atomic E-state index is 0.582. The molecule has 0 bridgehead atoms. The van der Waals surface area contributed by atoms with Crippen LogP contribution in [0.1, 0.15) is 38.3 Å². The fourth-order valence-electron chi connectivity index (χ4n) is 2.20. The van der Waals surface area contributed by atoms with E-state index in [1.807, 2.05) is 0 Å². The molecule has 1 saturated carbocycles. The van der Waals surface area contributed by atoms with Crippen LogP contribution in [0.5, 0.6) is 0 Å². The SMILES string of the molecule is CCC1(Cn2ccc(C)n2)CCC1. The Morgan fingerprint density at radius 1 is 1.54 bits per heavy atom. The highest BCUT2D eigenvalue weighted by molar-refractivity contribution is 4.96. The van der Waals surface area contributed by atoms with E-state index in [4.69, 9.17) is 0 Å². The van der Waals surface area contributed by atoms with Crippen LogP contribution in [0.3, 0.4) is 0 Å². The van der Waals surface area contributed by atoms with Gasteiger partial charge in [0.25, 0.3) is 0 Å². The maximum absolute atomic E-state index is 4.44. The molecule has 0 atom stereocenters. The van der Waals surface area contributed by atoms with Gasteiger partial charge in [-0.1, -0.05) is 13.3 Å². The molecule has 0 N–H and O–H groups in total. The van der Waals surface area contributed by atoms with Crippen molar-refractivity contribution in [1.82, 2.24) is 9.78 Å². The molecule has 13 heavy (non-hydrogen) atoms. The van der Waals surface area contributed by atoms with Gasteiger partial charge in [-0.3, -0.25) is 4.68 Å². The second kappa shape index (κ2) is 3.17. The standard InChI is InChI=1S/C11H18N2/c1-3-11(6-4-7-11)9-13-8-5-10(2)12-13/h5,8H,3-4,6-7,9H2,1-2H3. The predicted molar refractivity (Wildman–Crippen MR) is 53.5 cm³/mol. The van der Waals surface area contributed by atoms with Crippen molar-refractivity contribution in [3.8, 4) is 0 Å². The lowest BCUT2D eigenvalue weighted by Crippen LogP contribution is -2.33. The molecule has 1 aliphatic rings. The molecule has 1 aromatic rings. The third-order valence-corrected chi connectivity index (χ3v) is 3.44. The van der Waals surface area contributed by atoms with E-state index in [0.717, 1.165) is 12.2 Å². The molecule has 1 heterocycles. The first-order chi connectivity index (χ1) is 6.24. The van der Waals surface area contributed by atoms with Crippen LogP contribution in [0, 0.1) is 12.3 Å². The van der Waals surface area contributed by atoms with E-state index in [0.29, 0.717) is 5.41 Å². The van der Waals surface area contributed by atoms with E-state index < -0.39 is 0 Å². The van der Waals surface area contributed by atoms with Crippen LogP contribution in [0.4, 0.5) is 0 Å². The largest absolute Gasteiger partial charge is 0.272 e. The summed E-state index contributed by atoms with van der Waals surface area (Å²) in [6, 6.07) is 2.09. The van der Waals surface area contributed by atoms with E-state index in [1.165, 1.54) is 25.7 Å². The van der Waals surface area contributed by atoms with Crippen molar-refractivity contribution < 1.29 is 0 Å². The Morgan fingerprint density at radius 3 is 2.69 bits per heavy atom. The molecule has 0 saturated heterocycles. The monoisotopic (exact) mass is 178 g/mol.